The fourth-order valence-electron chi connectivity index (χ4n) is 3.18. The Kier molecular flexibility index (Phi) is 5.41. The average Bonchev–Trinajstić information content (AvgIpc) is 3.34. The second kappa shape index (κ2) is 7.82. The van der Waals surface area contributed by atoms with Gasteiger partial charge < -0.3 is 0 Å². The Morgan fingerprint density at radius 3 is 2.22 bits per heavy atom. The first kappa shape index (κ1) is 22.2. The Labute approximate surface area is 184 Å². The van der Waals surface area contributed by atoms with Crippen molar-refractivity contribution in [1.82, 2.24) is 14.8 Å². The third-order valence-corrected chi connectivity index (χ3v) is 6.58. The molecule has 166 valence electrons. The predicted molar refractivity (Wildman–Crippen MR) is 113 cm³/mol. The second-order valence-corrected chi connectivity index (χ2v) is 10.1. The van der Waals surface area contributed by atoms with Crippen LogP contribution in [0.25, 0.3) is 28.1 Å². The molecule has 0 aliphatic rings. The maximum Gasteiger partial charge on any atom is 0.435 e. The summed E-state index contributed by atoms with van der Waals surface area (Å²) in [6.45, 7) is 1.86. The number of hydrogen-bond donors (Lipinski definition) is 0. The van der Waals surface area contributed by atoms with Crippen molar-refractivity contribution in [3.63, 3.8) is 0 Å². The van der Waals surface area contributed by atoms with E-state index in [0.29, 0.717) is 0 Å². The van der Waals surface area contributed by atoms with Crippen LogP contribution in [-0.4, -0.2) is 29.4 Å². The third-order valence-electron chi connectivity index (χ3n) is 4.67. The largest absolute Gasteiger partial charge is 0.435 e. The summed E-state index contributed by atoms with van der Waals surface area (Å²) in [6, 6.07) is 9.44. The molecule has 0 unspecified atom stereocenters. The van der Waals surface area contributed by atoms with Crippen molar-refractivity contribution in [3.8, 4) is 28.1 Å². The van der Waals surface area contributed by atoms with Gasteiger partial charge in [0.15, 0.2) is 15.5 Å². The van der Waals surface area contributed by atoms with Gasteiger partial charge in [0.05, 0.1) is 16.4 Å². The van der Waals surface area contributed by atoms with Gasteiger partial charge in [-0.15, -0.1) is 11.3 Å². The van der Waals surface area contributed by atoms with Gasteiger partial charge in [-0.05, 0) is 24.6 Å². The highest BCUT2D eigenvalue weighted by atomic mass is 32.2. The summed E-state index contributed by atoms with van der Waals surface area (Å²) in [5, 5.41) is 6.34. The van der Waals surface area contributed by atoms with Crippen LogP contribution in [0.2, 0.25) is 0 Å². The lowest BCUT2D eigenvalue weighted by molar-refractivity contribution is -0.140. The van der Waals surface area contributed by atoms with Gasteiger partial charge in [0.25, 0.3) is 0 Å². The molecule has 0 atom stereocenters. The fourth-order valence-corrected chi connectivity index (χ4v) is 4.53. The Balaban J connectivity index is 1.78. The van der Waals surface area contributed by atoms with E-state index >= 15 is 0 Å². The minimum Gasteiger partial charge on any atom is -0.242 e. The zero-order valence-corrected chi connectivity index (χ0v) is 18.3. The number of alkyl halides is 3. The quantitative estimate of drug-likeness (QED) is 0.360. The number of aromatic nitrogens is 3. The zero-order chi connectivity index (χ0) is 23.3. The summed E-state index contributed by atoms with van der Waals surface area (Å²) in [5.41, 5.74) is 0.395. The van der Waals surface area contributed by atoms with Crippen LogP contribution < -0.4 is 0 Å². The van der Waals surface area contributed by atoms with Gasteiger partial charge in [-0.2, -0.15) is 18.3 Å². The Morgan fingerprint density at radius 1 is 1.03 bits per heavy atom. The van der Waals surface area contributed by atoms with Crippen LogP contribution in [0, 0.1) is 12.7 Å². The molecule has 2 aromatic heterocycles. The van der Waals surface area contributed by atoms with E-state index in [-0.39, 0.29) is 16.8 Å². The van der Waals surface area contributed by atoms with E-state index in [0.717, 1.165) is 45.5 Å². The number of halogens is 4. The molecule has 0 saturated carbocycles. The Morgan fingerprint density at radius 2 is 1.69 bits per heavy atom. The molecular formula is C21H15F4N3O2S2. The van der Waals surface area contributed by atoms with Crippen molar-refractivity contribution in [2.24, 2.45) is 0 Å². The van der Waals surface area contributed by atoms with Gasteiger partial charge in [-0.1, -0.05) is 24.3 Å². The number of sulfone groups is 1. The molecule has 0 spiro atoms. The van der Waals surface area contributed by atoms with E-state index in [9.17, 15) is 26.0 Å². The molecule has 11 heteroatoms. The minimum absolute atomic E-state index is 0.0405. The molecule has 0 bridgehead atoms. The third kappa shape index (κ3) is 4.30. The SMILES string of the molecule is Cc1nc(-c2ccc(-c3cn(-c4ccc(S(C)(=O)=O)c(F)c4)nc3C(F)(F)F)cc2)cs1. The molecule has 2 heterocycles. The van der Waals surface area contributed by atoms with Crippen molar-refractivity contribution in [1.29, 1.82) is 0 Å². The monoisotopic (exact) mass is 481 g/mol. The van der Waals surface area contributed by atoms with Crippen LogP contribution in [0.4, 0.5) is 17.6 Å². The molecule has 4 aromatic rings. The maximum absolute atomic E-state index is 14.3. The number of hydrogen-bond acceptors (Lipinski definition) is 5. The Bertz CT molecular complexity index is 1410. The topological polar surface area (TPSA) is 64.8 Å². The highest BCUT2D eigenvalue weighted by Gasteiger charge is 2.37. The fraction of sp³-hybridized carbons (Fsp3) is 0.143. The van der Waals surface area contributed by atoms with Crippen LogP contribution in [0.1, 0.15) is 10.7 Å². The molecule has 0 radical (unpaired) electrons. The minimum atomic E-state index is -4.75. The van der Waals surface area contributed by atoms with Crippen LogP contribution in [0.15, 0.2) is 58.9 Å². The lowest BCUT2D eigenvalue weighted by Crippen LogP contribution is -2.09. The summed E-state index contributed by atoms with van der Waals surface area (Å²) in [5.74, 6) is -1.07. The highest BCUT2D eigenvalue weighted by molar-refractivity contribution is 7.90. The summed E-state index contributed by atoms with van der Waals surface area (Å²) in [6.07, 6.45) is -2.77. The molecule has 5 nitrogen and oxygen atoms in total. The zero-order valence-electron chi connectivity index (χ0n) is 16.7. The normalized spacial score (nSPS) is 12.3. The summed E-state index contributed by atoms with van der Waals surface area (Å²) < 4.78 is 79.3. The summed E-state index contributed by atoms with van der Waals surface area (Å²) in [4.78, 5) is 3.82. The molecule has 2 aromatic carbocycles. The van der Waals surface area contributed by atoms with Crippen molar-refractivity contribution >= 4 is 21.2 Å². The molecule has 0 amide bonds. The van der Waals surface area contributed by atoms with Crippen LogP contribution in [0.3, 0.4) is 0 Å². The van der Waals surface area contributed by atoms with E-state index in [1.54, 1.807) is 12.1 Å². The van der Waals surface area contributed by atoms with Gasteiger partial charge >= 0.3 is 6.18 Å². The molecule has 0 aliphatic heterocycles. The van der Waals surface area contributed by atoms with Crippen LogP contribution in [0.5, 0.6) is 0 Å². The smallest absolute Gasteiger partial charge is 0.242 e. The molecular weight excluding hydrogens is 466 g/mol. The second-order valence-electron chi connectivity index (χ2n) is 7.05. The molecule has 4 rings (SSSR count). The van der Waals surface area contributed by atoms with Crippen molar-refractivity contribution in [2.75, 3.05) is 6.26 Å². The summed E-state index contributed by atoms with van der Waals surface area (Å²) >= 11 is 1.47. The molecule has 0 fully saturated rings. The number of nitrogens with zero attached hydrogens (tertiary/aromatic N) is 3. The van der Waals surface area contributed by atoms with E-state index in [1.807, 2.05) is 12.3 Å². The highest BCUT2D eigenvalue weighted by Crippen LogP contribution is 2.37. The predicted octanol–water partition coefficient (Wildman–Crippen LogP) is 5.53. The average molecular weight is 481 g/mol. The Hall–Kier alpha value is -3.05. The molecule has 0 saturated heterocycles. The maximum atomic E-state index is 14.3. The van der Waals surface area contributed by atoms with Crippen LogP contribution >= 0.6 is 11.3 Å². The molecule has 0 N–H and O–H groups in total. The van der Waals surface area contributed by atoms with Crippen molar-refractivity contribution in [2.45, 2.75) is 18.0 Å². The van der Waals surface area contributed by atoms with Crippen LogP contribution in [-0.2, 0) is 16.0 Å². The van der Waals surface area contributed by atoms with E-state index in [4.69, 9.17) is 0 Å². The van der Waals surface area contributed by atoms with Gasteiger partial charge in [0.2, 0.25) is 0 Å². The molecule has 32 heavy (non-hydrogen) atoms. The number of benzene rings is 2. The first-order chi connectivity index (χ1) is 14.9. The van der Waals surface area contributed by atoms with Gasteiger partial charge in [-0.3, -0.25) is 0 Å². The van der Waals surface area contributed by atoms with Crippen molar-refractivity contribution < 1.29 is 26.0 Å². The van der Waals surface area contributed by atoms with E-state index < -0.39 is 32.4 Å². The lowest BCUT2D eigenvalue weighted by Gasteiger charge is -2.06. The van der Waals surface area contributed by atoms with E-state index in [2.05, 4.69) is 10.1 Å². The first-order valence-corrected chi connectivity index (χ1v) is 11.9. The molecule has 0 aliphatic carbocycles. The van der Waals surface area contributed by atoms with Crippen molar-refractivity contribution in [3.05, 3.63) is 70.6 Å². The lowest BCUT2D eigenvalue weighted by atomic mass is 10.0. The van der Waals surface area contributed by atoms with Gasteiger partial charge in [0.1, 0.15) is 10.7 Å². The standard InChI is InChI=1S/C21H15F4N3O2S2/c1-12-26-18(11-31-12)14-5-3-13(4-6-14)16-10-28(27-20(16)21(23,24)25)15-7-8-19(17(22)9-15)32(2,29)30/h3-11H,1-2H3. The van der Waals surface area contributed by atoms with Gasteiger partial charge in [-0.25, -0.2) is 22.5 Å². The van der Waals surface area contributed by atoms with Gasteiger partial charge in [0, 0.05) is 35.0 Å². The number of aryl methyl sites for hydroxylation is 1. The number of thiazole rings is 1. The van der Waals surface area contributed by atoms with E-state index in [1.165, 1.54) is 29.5 Å². The summed E-state index contributed by atoms with van der Waals surface area (Å²) in [7, 11) is -3.82. The number of rotatable bonds is 4. The first-order valence-electron chi connectivity index (χ1n) is 9.13.